The molecular weight excluding hydrogens is 368 g/mol. The number of carbonyl (C=O) groups excluding carboxylic acids is 3. The van der Waals surface area contributed by atoms with Gasteiger partial charge < -0.3 is 9.84 Å². The van der Waals surface area contributed by atoms with Crippen molar-refractivity contribution in [2.24, 2.45) is 28.6 Å². The highest BCUT2D eigenvalue weighted by atomic mass is 16.5. The number of Topliss-reactive ketones (excluding diaryl/α,β-unsaturated/α-hetero) is 1. The molecule has 29 heavy (non-hydrogen) atoms. The zero-order valence-corrected chi connectivity index (χ0v) is 17.9. The Bertz CT molecular complexity index is 838. The van der Waals surface area contributed by atoms with Gasteiger partial charge in [0.25, 0.3) is 0 Å². The highest BCUT2D eigenvalue weighted by molar-refractivity contribution is 5.92. The molecule has 0 unspecified atom stereocenters. The average Bonchev–Trinajstić information content (AvgIpc) is 2.94. The van der Waals surface area contributed by atoms with Crippen molar-refractivity contribution in [3.8, 4) is 0 Å². The van der Waals surface area contributed by atoms with E-state index < -0.39 is 17.0 Å². The quantitative estimate of drug-likeness (QED) is 0.579. The molecule has 1 N–H and O–H groups in total. The van der Waals surface area contributed by atoms with Crippen LogP contribution in [0.3, 0.4) is 0 Å². The summed E-state index contributed by atoms with van der Waals surface area (Å²) in [4.78, 5) is 36.1. The number of ether oxygens (including phenoxy) is 1. The van der Waals surface area contributed by atoms with E-state index in [-0.39, 0.29) is 29.5 Å². The molecule has 0 amide bonds. The second kappa shape index (κ2) is 6.63. The van der Waals surface area contributed by atoms with Crippen LogP contribution in [-0.2, 0) is 19.1 Å². The SMILES string of the molecule is CC(=O)OCC(=O)[C@]1(O)CC[C@H]2[C@@H]3C[C@@H](C)C4=CC(=O)CC[C@]4(C)C3=CC[C@]21C. The first-order chi connectivity index (χ1) is 13.5. The van der Waals surface area contributed by atoms with Gasteiger partial charge >= 0.3 is 5.97 Å². The van der Waals surface area contributed by atoms with Crippen LogP contribution >= 0.6 is 0 Å². The van der Waals surface area contributed by atoms with E-state index in [0.29, 0.717) is 31.1 Å². The molecule has 6 atom stereocenters. The largest absolute Gasteiger partial charge is 0.458 e. The highest BCUT2D eigenvalue weighted by Gasteiger charge is 2.64. The van der Waals surface area contributed by atoms with Crippen LogP contribution in [-0.4, -0.2) is 34.9 Å². The summed E-state index contributed by atoms with van der Waals surface area (Å²) < 4.78 is 4.92. The fourth-order valence-corrected chi connectivity index (χ4v) is 7.03. The van der Waals surface area contributed by atoms with Gasteiger partial charge in [-0.2, -0.15) is 0 Å². The predicted octanol–water partition coefficient (Wildman–Crippen LogP) is 3.55. The van der Waals surface area contributed by atoms with Crippen LogP contribution in [0.25, 0.3) is 0 Å². The first kappa shape index (κ1) is 20.5. The van der Waals surface area contributed by atoms with Crippen molar-refractivity contribution >= 4 is 17.5 Å². The van der Waals surface area contributed by atoms with Crippen LogP contribution in [0, 0.1) is 28.6 Å². The maximum absolute atomic E-state index is 12.9. The van der Waals surface area contributed by atoms with Crippen molar-refractivity contribution < 1.29 is 24.2 Å². The fraction of sp³-hybridized carbons (Fsp3) is 0.708. The number of hydrogen-bond donors (Lipinski definition) is 1. The van der Waals surface area contributed by atoms with Gasteiger partial charge in [-0.15, -0.1) is 0 Å². The van der Waals surface area contributed by atoms with Crippen LogP contribution in [0.15, 0.2) is 23.3 Å². The second-order valence-electron chi connectivity index (χ2n) is 10.1. The summed E-state index contributed by atoms with van der Waals surface area (Å²) in [5.74, 6) is 0.192. The zero-order valence-electron chi connectivity index (χ0n) is 17.9. The van der Waals surface area contributed by atoms with E-state index in [0.717, 1.165) is 19.3 Å². The number of fused-ring (bicyclic) bond motifs is 5. The van der Waals surface area contributed by atoms with E-state index in [9.17, 15) is 19.5 Å². The van der Waals surface area contributed by atoms with Gasteiger partial charge in [-0.3, -0.25) is 14.4 Å². The van der Waals surface area contributed by atoms with E-state index in [1.165, 1.54) is 18.1 Å². The molecule has 2 fully saturated rings. The van der Waals surface area contributed by atoms with Gasteiger partial charge in [0.1, 0.15) is 5.60 Å². The smallest absolute Gasteiger partial charge is 0.303 e. The molecule has 2 saturated carbocycles. The van der Waals surface area contributed by atoms with Gasteiger partial charge in [0.05, 0.1) is 0 Å². The number of esters is 1. The summed E-state index contributed by atoms with van der Waals surface area (Å²) in [7, 11) is 0. The fourth-order valence-electron chi connectivity index (χ4n) is 7.03. The first-order valence-electron chi connectivity index (χ1n) is 10.9. The van der Waals surface area contributed by atoms with E-state index in [2.05, 4.69) is 19.9 Å². The van der Waals surface area contributed by atoms with E-state index in [1.54, 1.807) is 0 Å². The second-order valence-corrected chi connectivity index (χ2v) is 10.1. The number of aliphatic hydroxyl groups is 1. The highest BCUT2D eigenvalue weighted by Crippen LogP contribution is 2.66. The lowest BCUT2D eigenvalue weighted by molar-refractivity contribution is -0.162. The Morgan fingerprint density at radius 1 is 1.24 bits per heavy atom. The molecule has 0 aromatic heterocycles. The summed E-state index contributed by atoms with van der Waals surface area (Å²) >= 11 is 0. The minimum atomic E-state index is -1.46. The number of ketones is 2. The third kappa shape index (κ3) is 2.80. The van der Waals surface area contributed by atoms with Gasteiger partial charge in [0, 0.05) is 24.2 Å². The summed E-state index contributed by atoms with van der Waals surface area (Å²) in [6.07, 6.45) is 8.37. The molecule has 0 spiro atoms. The summed E-state index contributed by atoms with van der Waals surface area (Å²) in [5.41, 5.74) is 0.575. The molecule has 158 valence electrons. The van der Waals surface area contributed by atoms with Crippen LogP contribution in [0.2, 0.25) is 0 Å². The lowest BCUT2D eigenvalue weighted by atomic mass is 9.49. The lowest BCUT2D eigenvalue weighted by Crippen LogP contribution is -2.56. The molecule has 5 heteroatoms. The van der Waals surface area contributed by atoms with Crippen molar-refractivity contribution in [1.82, 2.24) is 0 Å². The molecule has 0 heterocycles. The van der Waals surface area contributed by atoms with E-state index in [1.807, 2.05) is 13.0 Å². The third-order valence-electron chi connectivity index (χ3n) is 8.68. The molecular formula is C24H32O5. The Morgan fingerprint density at radius 2 is 1.97 bits per heavy atom. The Morgan fingerprint density at radius 3 is 2.66 bits per heavy atom. The topological polar surface area (TPSA) is 80.7 Å². The maximum Gasteiger partial charge on any atom is 0.303 e. The van der Waals surface area contributed by atoms with Crippen LogP contribution in [0.1, 0.15) is 66.2 Å². The molecule has 0 saturated heterocycles. The normalized spacial score (nSPS) is 43.5. The van der Waals surface area contributed by atoms with E-state index >= 15 is 0 Å². The number of hydrogen-bond acceptors (Lipinski definition) is 5. The van der Waals surface area contributed by atoms with Crippen LogP contribution in [0.4, 0.5) is 0 Å². The molecule has 0 aromatic carbocycles. The molecule has 5 nitrogen and oxygen atoms in total. The third-order valence-corrected chi connectivity index (χ3v) is 8.68. The Hall–Kier alpha value is -1.75. The molecule has 0 aliphatic heterocycles. The minimum Gasteiger partial charge on any atom is -0.458 e. The van der Waals surface area contributed by atoms with Crippen molar-refractivity contribution in [1.29, 1.82) is 0 Å². The summed E-state index contributed by atoms with van der Waals surface area (Å²) in [6, 6.07) is 0. The predicted molar refractivity (Wildman–Crippen MR) is 108 cm³/mol. The molecule has 4 rings (SSSR count). The molecule has 4 aliphatic rings. The number of allylic oxidation sites excluding steroid dienone is 4. The van der Waals surface area contributed by atoms with Gasteiger partial charge in [-0.05, 0) is 55.9 Å². The average molecular weight is 401 g/mol. The standard InChI is InChI=1S/C24H32O5/c1-14-11-17-18(22(3)8-5-16(26)12-20(14)22)6-9-23(4)19(17)7-10-24(23,28)21(27)13-29-15(2)25/h6,12,14,17,19,28H,5,7-11,13H2,1-4H3/t14-,17-,19+,22-,23-,24-/m1/s1. The molecule has 0 bridgehead atoms. The van der Waals surface area contributed by atoms with Gasteiger partial charge in [0.15, 0.2) is 12.4 Å². The molecule has 4 aliphatic carbocycles. The van der Waals surface area contributed by atoms with Gasteiger partial charge in [-0.25, -0.2) is 0 Å². The van der Waals surface area contributed by atoms with Crippen LogP contribution < -0.4 is 0 Å². The minimum absolute atomic E-state index is 0.0833. The van der Waals surface area contributed by atoms with E-state index in [4.69, 9.17) is 4.74 Å². The number of rotatable bonds is 3. The Kier molecular flexibility index (Phi) is 4.69. The zero-order chi connectivity index (χ0) is 21.2. The number of carbonyl (C=O) groups is 3. The Balaban J connectivity index is 1.70. The Labute approximate surface area is 172 Å². The monoisotopic (exact) mass is 400 g/mol. The van der Waals surface area contributed by atoms with Crippen LogP contribution in [0.5, 0.6) is 0 Å². The van der Waals surface area contributed by atoms with Gasteiger partial charge in [0.2, 0.25) is 5.78 Å². The lowest BCUT2D eigenvalue weighted by Gasteiger charge is -2.56. The molecule has 0 radical (unpaired) electrons. The van der Waals surface area contributed by atoms with Crippen molar-refractivity contribution in [2.75, 3.05) is 6.61 Å². The van der Waals surface area contributed by atoms with Gasteiger partial charge in [-0.1, -0.05) is 38.0 Å². The first-order valence-corrected chi connectivity index (χ1v) is 10.9. The molecule has 0 aromatic rings. The van der Waals surface area contributed by atoms with Crippen molar-refractivity contribution in [2.45, 2.75) is 71.8 Å². The maximum atomic E-state index is 12.9. The van der Waals surface area contributed by atoms with Crippen molar-refractivity contribution in [3.05, 3.63) is 23.3 Å². The summed E-state index contributed by atoms with van der Waals surface area (Å²) in [5, 5.41) is 11.5. The summed E-state index contributed by atoms with van der Waals surface area (Å²) in [6.45, 7) is 7.43. The van der Waals surface area contributed by atoms with Crippen molar-refractivity contribution in [3.63, 3.8) is 0 Å².